The van der Waals surface area contributed by atoms with Gasteiger partial charge in [0, 0.05) is 36.6 Å². The molecule has 2 aliphatic rings. The van der Waals surface area contributed by atoms with Crippen molar-refractivity contribution in [1.82, 2.24) is 9.88 Å². The van der Waals surface area contributed by atoms with Gasteiger partial charge in [0.15, 0.2) is 0 Å². The predicted molar refractivity (Wildman–Crippen MR) is 113 cm³/mol. The van der Waals surface area contributed by atoms with Gasteiger partial charge in [0.25, 0.3) is 0 Å². The maximum Gasteiger partial charge on any atom is 0.0734 e. The monoisotopic (exact) mass is 372 g/mol. The Bertz CT molecular complexity index is 936. The fourth-order valence-electron chi connectivity index (χ4n) is 5.48. The molecule has 0 radical (unpaired) electrons. The smallest absolute Gasteiger partial charge is 0.0734 e. The number of benzene rings is 2. The topological polar surface area (TPSA) is 36.4 Å². The summed E-state index contributed by atoms with van der Waals surface area (Å²) in [5.41, 5.74) is 2.96. The van der Waals surface area contributed by atoms with Crippen molar-refractivity contribution < 1.29 is 5.11 Å². The van der Waals surface area contributed by atoms with Gasteiger partial charge in [-0.3, -0.25) is 9.88 Å². The van der Waals surface area contributed by atoms with Gasteiger partial charge in [-0.1, -0.05) is 61.0 Å². The van der Waals surface area contributed by atoms with Crippen molar-refractivity contribution in [3.8, 4) is 0 Å². The van der Waals surface area contributed by atoms with Crippen LogP contribution in [0, 0.1) is 0 Å². The van der Waals surface area contributed by atoms with Gasteiger partial charge >= 0.3 is 0 Å². The fraction of sp³-hybridized carbons (Fsp3) is 0.400. The fourth-order valence-corrected chi connectivity index (χ4v) is 5.48. The molecule has 2 saturated heterocycles. The molecule has 0 saturated carbocycles. The molecule has 3 aromatic rings. The number of fused-ring (bicyclic) bond motifs is 3. The van der Waals surface area contributed by atoms with Crippen LogP contribution in [0.1, 0.15) is 43.2 Å². The third kappa shape index (κ3) is 3.45. The van der Waals surface area contributed by atoms with E-state index < -0.39 is 5.60 Å². The molecule has 5 rings (SSSR count). The SMILES string of the molecule is OC1(Cc2cccc3cccnc23)CC2CCCC(C1)N2Cc1ccccc1. The summed E-state index contributed by atoms with van der Waals surface area (Å²) in [5, 5.41) is 12.8. The number of aliphatic hydroxyl groups is 1. The summed E-state index contributed by atoms with van der Waals surface area (Å²) in [6, 6.07) is 22.1. The summed E-state index contributed by atoms with van der Waals surface area (Å²) < 4.78 is 0. The second-order valence-corrected chi connectivity index (χ2v) is 8.70. The van der Waals surface area contributed by atoms with Gasteiger partial charge in [0.2, 0.25) is 0 Å². The number of hydrogen-bond acceptors (Lipinski definition) is 3. The second kappa shape index (κ2) is 7.31. The Morgan fingerprint density at radius 1 is 0.929 bits per heavy atom. The standard InChI is InChI=1S/C25H28N2O/c28-25(15-21-10-4-9-20-11-6-14-26-24(20)21)16-22-12-5-13-23(17-25)27(22)18-19-7-2-1-3-8-19/h1-4,6-11,14,22-23,28H,5,12-13,15-18H2. The lowest BCUT2D eigenvalue weighted by Crippen LogP contribution is -2.58. The Morgan fingerprint density at radius 3 is 2.46 bits per heavy atom. The molecule has 1 N–H and O–H groups in total. The Kier molecular flexibility index (Phi) is 4.65. The van der Waals surface area contributed by atoms with Crippen LogP contribution >= 0.6 is 0 Å². The molecule has 1 aromatic heterocycles. The summed E-state index contributed by atoms with van der Waals surface area (Å²) in [5.74, 6) is 0. The quantitative estimate of drug-likeness (QED) is 0.719. The normalized spacial score (nSPS) is 27.8. The van der Waals surface area contributed by atoms with Crippen LogP contribution in [0.15, 0.2) is 66.9 Å². The van der Waals surface area contributed by atoms with E-state index >= 15 is 0 Å². The summed E-state index contributed by atoms with van der Waals surface area (Å²) in [6.07, 6.45) is 7.95. The van der Waals surface area contributed by atoms with Crippen LogP contribution in [-0.4, -0.2) is 32.7 Å². The molecule has 0 amide bonds. The number of nitrogens with zero attached hydrogens (tertiary/aromatic N) is 2. The first-order valence-electron chi connectivity index (χ1n) is 10.5. The first kappa shape index (κ1) is 17.8. The van der Waals surface area contributed by atoms with Crippen LogP contribution < -0.4 is 0 Å². The highest BCUT2D eigenvalue weighted by molar-refractivity contribution is 5.81. The summed E-state index contributed by atoms with van der Waals surface area (Å²) in [4.78, 5) is 7.26. The van der Waals surface area contributed by atoms with Crippen LogP contribution in [-0.2, 0) is 13.0 Å². The van der Waals surface area contributed by atoms with E-state index in [4.69, 9.17) is 0 Å². The van der Waals surface area contributed by atoms with E-state index in [1.54, 1.807) is 0 Å². The van der Waals surface area contributed by atoms with Crippen LogP contribution in [0.2, 0.25) is 0 Å². The van der Waals surface area contributed by atoms with Crippen LogP contribution in [0.3, 0.4) is 0 Å². The molecule has 3 nitrogen and oxygen atoms in total. The van der Waals surface area contributed by atoms with Crippen LogP contribution in [0.4, 0.5) is 0 Å². The van der Waals surface area contributed by atoms with Gasteiger partial charge in [-0.2, -0.15) is 0 Å². The first-order valence-corrected chi connectivity index (χ1v) is 10.5. The van der Waals surface area contributed by atoms with Crippen molar-refractivity contribution in [2.24, 2.45) is 0 Å². The number of pyridine rings is 1. The Balaban J connectivity index is 1.38. The average molecular weight is 373 g/mol. The molecule has 28 heavy (non-hydrogen) atoms. The second-order valence-electron chi connectivity index (χ2n) is 8.70. The molecule has 2 aliphatic heterocycles. The minimum absolute atomic E-state index is 0.473. The summed E-state index contributed by atoms with van der Waals surface area (Å²) in [6.45, 7) is 1.00. The third-order valence-corrected chi connectivity index (χ3v) is 6.69. The maximum absolute atomic E-state index is 11.6. The number of aromatic nitrogens is 1. The average Bonchev–Trinajstić information content (AvgIpc) is 2.70. The molecule has 2 fully saturated rings. The van der Waals surface area contributed by atoms with Gasteiger partial charge in [-0.25, -0.2) is 0 Å². The van der Waals surface area contributed by atoms with Crippen LogP contribution in [0.25, 0.3) is 10.9 Å². The van der Waals surface area contributed by atoms with Crippen molar-refractivity contribution in [1.29, 1.82) is 0 Å². The Labute approximate surface area is 167 Å². The Hall–Kier alpha value is -2.23. The lowest BCUT2D eigenvalue weighted by molar-refractivity contribution is -0.0945. The van der Waals surface area contributed by atoms with Gasteiger partial charge in [0.05, 0.1) is 11.1 Å². The van der Waals surface area contributed by atoms with Gasteiger partial charge in [-0.15, -0.1) is 0 Å². The lowest BCUT2D eigenvalue weighted by Gasteiger charge is -2.52. The van der Waals surface area contributed by atoms with E-state index in [1.165, 1.54) is 30.4 Å². The largest absolute Gasteiger partial charge is 0.389 e. The van der Waals surface area contributed by atoms with Gasteiger partial charge < -0.3 is 5.11 Å². The van der Waals surface area contributed by atoms with Gasteiger partial charge in [-0.05, 0) is 42.9 Å². The molecule has 2 unspecified atom stereocenters. The minimum Gasteiger partial charge on any atom is -0.389 e. The molecular weight excluding hydrogens is 344 g/mol. The Morgan fingerprint density at radius 2 is 1.68 bits per heavy atom. The number of piperidine rings is 2. The number of para-hydroxylation sites is 1. The highest BCUT2D eigenvalue weighted by Gasteiger charge is 2.45. The molecule has 3 heteroatoms. The molecule has 0 spiro atoms. The van der Waals surface area contributed by atoms with Gasteiger partial charge in [0.1, 0.15) is 0 Å². The molecular formula is C25H28N2O. The van der Waals surface area contributed by atoms with E-state index in [0.717, 1.165) is 30.3 Å². The van der Waals surface area contributed by atoms with E-state index in [-0.39, 0.29) is 0 Å². The van der Waals surface area contributed by atoms with Crippen molar-refractivity contribution in [2.75, 3.05) is 0 Å². The van der Waals surface area contributed by atoms with Crippen molar-refractivity contribution in [3.05, 3.63) is 78.0 Å². The van der Waals surface area contributed by atoms with E-state index in [1.807, 2.05) is 12.3 Å². The zero-order valence-electron chi connectivity index (χ0n) is 16.3. The molecule has 2 bridgehead atoms. The first-order chi connectivity index (χ1) is 13.7. The molecule has 3 heterocycles. The van der Waals surface area contributed by atoms with Crippen molar-refractivity contribution in [3.63, 3.8) is 0 Å². The highest BCUT2D eigenvalue weighted by atomic mass is 16.3. The zero-order chi connectivity index (χ0) is 19.0. The van der Waals surface area contributed by atoms with Crippen LogP contribution in [0.5, 0.6) is 0 Å². The summed E-state index contributed by atoms with van der Waals surface area (Å²) in [7, 11) is 0. The number of rotatable bonds is 4. The van der Waals surface area contributed by atoms with Crippen molar-refractivity contribution in [2.45, 2.75) is 62.8 Å². The minimum atomic E-state index is -0.630. The molecule has 2 aromatic carbocycles. The molecule has 144 valence electrons. The maximum atomic E-state index is 11.6. The third-order valence-electron chi connectivity index (χ3n) is 6.69. The zero-order valence-corrected chi connectivity index (χ0v) is 16.3. The summed E-state index contributed by atoms with van der Waals surface area (Å²) >= 11 is 0. The van der Waals surface area contributed by atoms with E-state index in [0.29, 0.717) is 18.5 Å². The molecule has 2 atom stereocenters. The van der Waals surface area contributed by atoms with Crippen molar-refractivity contribution >= 4 is 10.9 Å². The predicted octanol–water partition coefficient (Wildman–Crippen LogP) is 4.73. The van der Waals surface area contributed by atoms with E-state index in [9.17, 15) is 5.11 Å². The lowest BCUT2D eigenvalue weighted by atomic mass is 9.73. The molecule has 0 aliphatic carbocycles. The highest BCUT2D eigenvalue weighted by Crippen LogP contribution is 2.42. The number of hydrogen-bond donors (Lipinski definition) is 1. The van der Waals surface area contributed by atoms with E-state index in [2.05, 4.69) is 64.5 Å².